The van der Waals surface area contributed by atoms with Gasteiger partial charge >= 0.3 is 0 Å². The Labute approximate surface area is 145 Å². The number of hydrogen-bond acceptors (Lipinski definition) is 5. The van der Waals surface area contributed by atoms with Gasteiger partial charge in [0, 0.05) is 44.4 Å². The molecule has 2 heterocycles. The molecule has 1 aromatic carbocycles. The highest BCUT2D eigenvalue weighted by Gasteiger charge is 2.34. The zero-order valence-corrected chi connectivity index (χ0v) is 13.9. The number of aromatic nitrogens is 1. The molecule has 1 aliphatic carbocycles. The van der Waals surface area contributed by atoms with Crippen molar-refractivity contribution in [3.8, 4) is 0 Å². The van der Waals surface area contributed by atoms with Crippen LogP contribution in [0.2, 0.25) is 0 Å². The van der Waals surface area contributed by atoms with Gasteiger partial charge in [0.25, 0.3) is 5.69 Å². The standard InChI is InChI=1S/C18H20N4O3/c23-18(13-4-5-13)21-10-2-9-20(11-12-21)16-7-6-15(22(24)25)14-3-1-8-19-17(14)16/h1,3,6-8,13H,2,4-5,9-12H2. The van der Waals surface area contributed by atoms with Gasteiger partial charge in [-0.1, -0.05) is 0 Å². The number of nitro benzene ring substituents is 1. The van der Waals surface area contributed by atoms with Gasteiger partial charge in [0.1, 0.15) is 5.52 Å². The molecule has 7 nitrogen and oxygen atoms in total. The number of fused-ring (bicyclic) bond motifs is 1. The number of benzene rings is 1. The van der Waals surface area contributed by atoms with E-state index >= 15 is 0 Å². The molecule has 2 aromatic rings. The van der Waals surface area contributed by atoms with Crippen LogP contribution in [0.3, 0.4) is 0 Å². The largest absolute Gasteiger partial charge is 0.368 e. The molecule has 0 N–H and O–H groups in total. The maximum Gasteiger partial charge on any atom is 0.278 e. The van der Waals surface area contributed by atoms with Crippen molar-refractivity contribution in [1.29, 1.82) is 0 Å². The number of rotatable bonds is 3. The summed E-state index contributed by atoms with van der Waals surface area (Å²) < 4.78 is 0. The number of nitrogens with zero attached hydrogens (tertiary/aromatic N) is 4. The zero-order valence-electron chi connectivity index (χ0n) is 13.9. The molecule has 0 radical (unpaired) electrons. The Balaban J connectivity index is 1.62. The van der Waals surface area contributed by atoms with Crippen molar-refractivity contribution in [2.24, 2.45) is 5.92 Å². The molecule has 4 rings (SSSR count). The molecular formula is C18H20N4O3. The number of nitro groups is 1. The summed E-state index contributed by atoms with van der Waals surface area (Å²) >= 11 is 0. The number of amides is 1. The molecule has 1 amide bonds. The van der Waals surface area contributed by atoms with Gasteiger partial charge in [-0.25, -0.2) is 0 Å². The van der Waals surface area contributed by atoms with Gasteiger partial charge in [-0.05, 0) is 37.5 Å². The predicted octanol–water partition coefficient (Wildman–Crippen LogP) is 2.59. The van der Waals surface area contributed by atoms with Crippen LogP contribution in [0, 0.1) is 16.0 Å². The van der Waals surface area contributed by atoms with Gasteiger partial charge in [-0.3, -0.25) is 19.9 Å². The fourth-order valence-electron chi connectivity index (χ4n) is 3.52. The Morgan fingerprint density at radius 1 is 1.16 bits per heavy atom. The van der Waals surface area contributed by atoms with Crippen LogP contribution in [0.1, 0.15) is 19.3 Å². The summed E-state index contributed by atoms with van der Waals surface area (Å²) in [6.07, 6.45) is 4.60. The number of carbonyl (C=O) groups is 1. The Hall–Kier alpha value is -2.70. The van der Waals surface area contributed by atoms with Crippen LogP contribution < -0.4 is 4.90 Å². The van der Waals surface area contributed by atoms with Crippen LogP contribution >= 0.6 is 0 Å². The van der Waals surface area contributed by atoms with Crippen LogP contribution in [0.25, 0.3) is 10.9 Å². The zero-order chi connectivity index (χ0) is 17.4. The number of anilines is 1. The Bertz CT molecular complexity index is 834. The highest BCUT2D eigenvalue weighted by Crippen LogP contribution is 2.34. The smallest absolute Gasteiger partial charge is 0.278 e. The molecule has 25 heavy (non-hydrogen) atoms. The third-order valence-electron chi connectivity index (χ3n) is 5.00. The molecule has 0 unspecified atom stereocenters. The molecule has 130 valence electrons. The number of hydrogen-bond donors (Lipinski definition) is 0. The average molecular weight is 340 g/mol. The highest BCUT2D eigenvalue weighted by atomic mass is 16.6. The van der Waals surface area contributed by atoms with Gasteiger partial charge in [-0.2, -0.15) is 0 Å². The Morgan fingerprint density at radius 2 is 2.00 bits per heavy atom. The second kappa shape index (κ2) is 6.31. The summed E-state index contributed by atoms with van der Waals surface area (Å²) in [6, 6.07) is 6.80. The van der Waals surface area contributed by atoms with E-state index in [2.05, 4.69) is 9.88 Å². The minimum absolute atomic E-state index is 0.0761. The first-order valence-electron chi connectivity index (χ1n) is 8.71. The summed E-state index contributed by atoms with van der Waals surface area (Å²) in [5.41, 5.74) is 1.63. The summed E-state index contributed by atoms with van der Waals surface area (Å²) in [5.74, 6) is 0.530. The molecule has 7 heteroatoms. The quantitative estimate of drug-likeness (QED) is 0.634. The van der Waals surface area contributed by atoms with Crippen molar-refractivity contribution in [3.05, 3.63) is 40.6 Å². The van der Waals surface area contributed by atoms with E-state index in [0.29, 0.717) is 17.4 Å². The normalized spacial score (nSPS) is 18.2. The van der Waals surface area contributed by atoms with Crippen molar-refractivity contribution in [3.63, 3.8) is 0 Å². The lowest BCUT2D eigenvalue weighted by Gasteiger charge is -2.24. The lowest BCUT2D eigenvalue weighted by Crippen LogP contribution is -2.36. The minimum atomic E-state index is -0.369. The van der Waals surface area contributed by atoms with E-state index in [9.17, 15) is 14.9 Å². The topological polar surface area (TPSA) is 79.6 Å². The van der Waals surface area contributed by atoms with Crippen LogP contribution in [0.15, 0.2) is 30.5 Å². The fraction of sp³-hybridized carbons (Fsp3) is 0.444. The highest BCUT2D eigenvalue weighted by molar-refractivity contribution is 5.97. The van der Waals surface area contributed by atoms with Crippen molar-refractivity contribution in [1.82, 2.24) is 9.88 Å². The minimum Gasteiger partial charge on any atom is -0.368 e. The monoisotopic (exact) mass is 340 g/mol. The SMILES string of the molecule is O=C(C1CC1)N1CCCN(c2ccc([N+](=O)[O-])c3cccnc23)CC1. The molecule has 0 atom stereocenters. The first-order chi connectivity index (χ1) is 12.1. The van der Waals surface area contributed by atoms with E-state index in [1.54, 1.807) is 30.5 Å². The number of pyridine rings is 1. The summed E-state index contributed by atoms with van der Waals surface area (Å²) in [7, 11) is 0. The maximum atomic E-state index is 12.3. The van der Waals surface area contributed by atoms with Crippen LogP contribution in [-0.4, -0.2) is 46.9 Å². The van der Waals surface area contributed by atoms with Crippen LogP contribution in [-0.2, 0) is 4.79 Å². The molecule has 1 aromatic heterocycles. The van der Waals surface area contributed by atoms with E-state index in [1.165, 1.54) is 0 Å². The third kappa shape index (κ3) is 3.01. The van der Waals surface area contributed by atoms with E-state index in [0.717, 1.165) is 44.6 Å². The second-order valence-electron chi connectivity index (χ2n) is 6.70. The van der Waals surface area contributed by atoms with E-state index in [-0.39, 0.29) is 22.4 Å². The van der Waals surface area contributed by atoms with Crippen LogP contribution in [0.4, 0.5) is 11.4 Å². The van der Waals surface area contributed by atoms with E-state index < -0.39 is 0 Å². The van der Waals surface area contributed by atoms with E-state index in [1.807, 2.05) is 4.90 Å². The van der Waals surface area contributed by atoms with Crippen LogP contribution in [0.5, 0.6) is 0 Å². The molecule has 0 bridgehead atoms. The second-order valence-corrected chi connectivity index (χ2v) is 6.70. The molecule has 1 saturated carbocycles. The van der Waals surface area contributed by atoms with Gasteiger partial charge in [0.15, 0.2) is 0 Å². The van der Waals surface area contributed by atoms with E-state index in [4.69, 9.17) is 0 Å². The summed E-state index contributed by atoms with van der Waals surface area (Å²) in [6.45, 7) is 3.02. The summed E-state index contributed by atoms with van der Waals surface area (Å²) in [5, 5.41) is 11.8. The molecule has 1 aliphatic heterocycles. The predicted molar refractivity (Wildman–Crippen MR) is 94.5 cm³/mol. The Kier molecular flexibility index (Phi) is 3.99. The first kappa shape index (κ1) is 15.8. The molecule has 1 saturated heterocycles. The van der Waals surface area contributed by atoms with Gasteiger partial charge in [0.05, 0.1) is 16.0 Å². The van der Waals surface area contributed by atoms with Crippen molar-refractivity contribution in [2.45, 2.75) is 19.3 Å². The lowest BCUT2D eigenvalue weighted by atomic mass is 10.1. The number of carbonyl (C=O) groups excluding carboxylic acids is 1. The molecule has 2 aliphatic rings. The van der Waals surface area contributed by atoms with Gasteiger partial charge < -0.3 is 9.80 Å². The molecular weight excluding hydrogens is 320 g/mol. The summed E-state index contributed by atoms with van der Waals surface area (Å²) in [4.78, 5) is 31.8. The fourth-order valence-corrected chi connectivity index (χ4v) is 3.52. The third-order valence-corrected chi connectivity index (χ3v) is 5.00. The average Bonchev–Trinajstić information content (AvgIpc) is 3.46. The van der Waals surface area contributed by atoms with Gasteiger partial charge in [-0.15, -0.1) is 0 Å². The van der Waals surface area contributed by atoms with Crippen molar-refractivity contribution in [2.75, 3.05) is 31.1 Å². The Morgan fingerprint density at radius 3 is 2.76 bits per heavy atom. The van der Waals surface area contributed by atoms with Crippen molar-refractivity contribution < 1.29 is 9.72 Å². The van der Waals surface area contributed by atoms with Crippen molar-refractivity contribution >= 4 is 28.2 Å². The maximum absolute atomic E-state index is 12.3. The number of non-ortho nitro benzene ring substituents is 1. The molecule has 2 fully saturated rings. The molecule has 0 spiro atoms. The lowest BCUT2D eigenvalue weighted by molar-refractivity contribution is -0.383. The first-order valence-corrected chi connectivity index (χ1v) is 8.71. The van der Waals surface area contributed by atoms with Gasteiger partial charge in [0.2, 0.25) is 5.91 Å².